The molecule has 29 heavy (non-hydrogen) atoms. The molecule has 1 amide bonds. The molecule has 0 unspecified atom stereocenters. The van der Waals surface area contributed by atoms with Crippen LogP contribution in [0.25, 0.3) is 0 Å². The van der Waals surface area contributed by atoms with Crippen molar-refractivity contribution in [3.05, 3.63) is 41.5 Å². The summed E-state index contributed by atoms with van der Waals surface area (Å²) in [6.07, 6.45) is 9.13. The molecule has 0 aromatic heterocycles. The van der Waals surface area contributed by atoms with Crippen molar-refractivity contribution in [3.8, 4) is 11.5 Å². The Kier molecular flexibility index (Phi) is 4.10. The van der Waals surface area contributed by atoms with Crippen molar-refractivity contribution in [2.24, 2.45) is 5.92 Å². The summed E-state index contributed by atoms with van der Waals surface area (Å²) < 4.78 is 11.9. The monoisotopic (exact) mass is 394 g/mol. The van der Waals surface area contributed by atoms with Gasteiger partial charge in [0, 0.05) is 29.3 Å². The van der Waals surface area contributed by atoms with Crippen LogP contribution in [-0.2, 0) is 21.4 Å². The molecular formula is C23H26N2O4. The summed E-state index contributed by atoms with van der Waals surface area (Å²) in [6.45, 7) is 2.91. The number of piperidine rings is 1. The summed E-state index contributed by atoms with van der Waals surface area (Å²) in [7, 11) is 3.74. The first-order valence-corrected chi connectivity index (χ1v) is 10.3. The lowest BCUT2D eigenvalue weighted by Crippen LogP contribution is -2.64. The molecule has 5 rings (SSSR count). The van der Waals surface area contributed by atoms with Crippen LogP contribution in [0.3, 0.4) is 0 Å². The highest BCUT2D eigenvalue weighted by atomic mass is 16.5. The van der Waals surface area contributed by atoms with E-state index in [4.69, 9.17) is 9.47 Å². The predicted octanol–water partition coefficient (Wildman–Crippen LogP) is 2.61. The minimum Gasteiger partial charge on any atom is -0.493 e. The number of hydrogen-bond donors (Lipinski definition) is 1. The van der Waals surface area contributed by atoms with Crippen molar-refractivity contribution in [2.45, 2.75) is 43.7 Å². The van der Waals surface area contributed by atoms with E-state index in [0.29, 0.717) is 11.5 Å². The molecule has 6 heteroatoms. The number of ether oxygens (including phenoxy) is 2. The first kappa shape index (κ1) is 18.4. The molecule has 1 fully saturated rings. The van der Waals surface area contributed by atoms with E-state index in [2.05, 4.69) is 23.3 Å². The normalized spacial score (nSPS) is 31.6. The fourth-order valence-corrected chi connectivity index (χ4v) is 5.82. The number of allylic oxidation sites excluding steroid dienone is 1. The van der Waals surface area contributed by atoms with E-state index in [9.17, 15) is 9.59 Å². The topological polar surface area (TPSA) is 67.9 Å². The summed E-state index contributed by atoms with van der Waals surface area (Å²) in [4.78, 5) is 27.7. The maximum atomic E-state index is 12.8. The van der Waals surface area contributed by atoms with Crippen molar-refractivity contribution in [2.75, 3.05) is 26.0 Å². The van der Waals surface area contributed by atoms with Gasteiger partial charge >= 0.3 is 0 Å². The van der Waals surface area contributed by atoms with Gasteiger partial charge in [-0.25, -0.2) is 0 Å². The zero-order chi connectivity index (χ0) is 20.3. The Bertz CT molecular complexity index is 966. The standard InChI is InChI=1S/C23H26N2O4/c1-4-5-6-19(27)24-15-12-18(28-3)21-20-13(15)11-16-14-7-8-17(26)22(29-21)23(14,20)9-10-25(16)2/h5-8,12,14,16,22H,4,9-11H2,1-3H3,(H,24,27)/t14-,16+,22-,23-/m0/s1. The van der Waals surface area contributed by atoms with Crippen LogP contribution in [0.5, 0.6) is 11.5 Å². The number of nitrogens with zero attached hydrogens (tertiary/aromatic N) is 1. The number of carbonyl (C=O) groups excluding carboxylic acids is 2. The van der Waals surface area contributed by atoms with Crippen molar-refractivity contribution < 1.29 is 19.1 Å². The average Bonchev–Trinajstić information content (AvgIpc) is 3.06. The van der Waals surface area contributed by atoms with Crippen LogP contribution in [0.4, 0.5) is 5.69 Å². The minimum absolute atomic E-state index is 0.0205. The second-order valence-corrected chi connectivity index (χ2v) is 8.44. The molecule has 1 aromatic rings. The van der Waals surface area contributed by atoms with Crippen molar-refractivity contribution in [3.63, 3.8) is 0 Å². The molecule has 2 aliphatic heterocycles. The summed E-state index contributed by atoms with van der Waals surface area (Å²) in [5, 5.41) is 3.05. The SMILES string of the molecule is CCC=CC(=O)Nc1cc(OC)c2c3c1C[C@@H]1[C@@H]4C=CC(=O)[C@H](O2)[C@]34CCN1C. The summed E-state index contributed by atoms with van der Waals surface area (Å²) in [6, 6.07) is 2.11. The third-order valence-corrected chi connectivity index (χ3v) is 7.10. The number of likely N-dealkylation sites (N-methyl/N-ethyl adjacent to an activating group) is 1. The lowest BCUT2D eigenvalue weighted by atomic mass is 9.53. The van der Waals surface area contributed by atoms with Crippen molar-refractivity contribution >= 4 is 17.4 Å². The van der Waals surface area contributed by atoms with E-state index in [1.54, 1.807) is 19.3 Å². The van der Waals surface area contributed by atoms with E-state index in [-0.39, 0.29) is 29.1 Å². The zero-order valence-corrected chi connectivity index (χ0v) is 17.0. The summed E-state index contributed by atoms with van der Waals surface area (Å²) in [5.41, 5.74) is 2.54. The van der Waals surface area contributed by atoms with Crippen LogP contribution in [0, 0.1) is 5.92 Å². The Morgan fingerprint density at radius 3 is 3.07 bits per heavy atom. The van der Waals surface area contributed by atoms with Gasteiger partial charge in [-0.2, -0.15) is 0 Å². The quantitative estimate of drug-likeness (QED) is 0.795. The van der Waals surface area contributed by atoms with E-state index in [1.807, 2.05) is 19.1 Å². The Morgan fingerprint density at radius 1 is 1.48 bits per heavy atom. The molecule has 6 nitrogen and oxygen atoms in total. The lowest BCUT2D eigenvalue weighted by Gasteiger charge is -2.55. The molecule has 1 saturated heterocycles. The zero-order valence-electron chi connectivity index (χ0n) is 17.0. The van der Waals surface area contributed by atoms with Crippen LogP contribution in [0.15, 0.2) is 30.4 Å². The Hall–Kier alpha value is -2.60. The fourth-order valence-electron chi connectivity index (χ4n) is 5.82. The Labute approximate surface area is 170 Å². The van der Waals surface area contributed by atoms with Gasteiger partial charge in [0.05, 0.1) is 12.5 Å². The Balaban J connectivity index is 1.72. The molecule has 1 spiro atoms. The van der Waals surface area contributed by atoms with Gasteiger partial charge in [0.2, 0.25) is 5.91 Å². The number of rotatable bonds is 4. The number of amides is 1. The second-order valence-electron chi connectivity index (χ2n) is 8.44. The lowest BCUT2D eigenvalue weighted by molar-refractivity contribution is -0.127. The highest BCUT2D eigenvalue weighted by Crippen LogP contribution is 2.63. The first-order valence-electron chi connectivity index (χ1n) is 10.3. The number of hydrogen-bond acceptors (Lipinski definition) is 5. The van der Waals surface area contributed by atoms with Gasteiger partial charge in [0.25, 0.3) is 0 Å². The molecule has 2 aliphatic carbocycles. The van der Waals surface area contributed by atoms with Gasteiger partial charge in [-0.3, -0.25) is 9.59 Å². The number of anilines is 1. The van der Waals surface area contributed by atoms with Crippen molar-refractivity contribution in [1.82, 2.24) is 4.90 Å². The highest BCUT2D eigenvalue weighted by Gasteiger charge is 2.65. The third-order valence-electron chi connectivity index (χ3n) is 7.10. The molecule has 4 atom stereocenters. The molecule has 0 saturated carbocycles. The number of ketones is 1. The van der Waals surface area contributed by atoms with Crippen LogP contribution < -0.4 is 14.8 Å². The molecule has 2 bridgehead atoms. The van der Waals surface area contributed by atoms with Crippen LogP contribution in [-0.4, -0.2) is 49.4 Å². The van der Waals surface area contributed by atoms with Gasteiger partial charge in [0.15, 0.2) is 23.4 Å². The molecule has 152 valence electrons. The number of nitrogens with one attached hydrogen (secondary N) is 1. The number of benzene rings is 1. The van der Waals surface area contributed by atoms with Crippen LogP contribution in [0.2, 0.25) is 0 Å². The molecule has 1 N–H and O–H groups in total. The van der Waals surface area contributed by atoms with E-state index < -0.39 is 6.10 Å². The van der Waals surface area contributed by atoms with Gasteiger partial charge in [-0.1, -0.05) is 19.1 Å². The maximum Gasteiger partial charge on any atom is 0.248 e. The molecule has 2 heterocycles. The van der Waals surface area contributed by atoms with E-state index in [1.165, 1.54) is 0 Å². The van der Waals surface area contributed by atoms with Gasteiger partial charge in [-0.15, -0.1) is 0 Å². The number of carbonyl (C=O) groups is 2. The maximum absolute atomic E-state index is 12.8. The van der Waals surface area contributed by atoms with E-state index >= 15 is 0 Å². The molecule has 0 radical (unpaired) electrons. The number of likely N-dealkylation sites (tertiary alicyclic amines) is 1. The van der Waals surface area contributed by atoms with E-state index in [0.717, 1.165) is 42.6 Å². The van der Waals surface area contributed by atoms with Crippen molar-refractivity contribution in [1.29, 1.82) is 0 Å². The summed E-state index contributed by atoms with van der Waals surface area (Å²) >= 11 is 0. The predicted molar refractivity (Wildman–Crippen MR) is 110 cm³/mol. The molecular weight excluding hydrogens is 368 g/mol. The van der Waals surface area contributed by atoms with Crippen LogP contribution >= 0.6 is 0 Å². The molecule has 1 aromatic carbocycles. The second kappa shape index (κ2) is 6.46. The van der Waals surface area contributed by atoms with Gasteiger partial charge in [0.1, 0.15) is 0 Å². The summed E-state index contributed by atoms with van der Waals surface area (Å²) in [5.74, 6) is 1.34. The minimum atomic E-state index is -0.511. The molecule has 4 aliphatic rings. The van der Waals surface area contributed by atoms with Gasteiger partial charge in [-0.05, 0) is 50.6 Å². The average molecular weight is 394 g/mol. The third kappa shape index (κ3) is 2.38. The Morgan fingerprint density at radius 2 is 2.31 bits per heavy atom. The number of methoxy groups -OCH3 is 1. The fraction of sp³-hybridized carbons (Fsp3) is 0.478. The highest BCUT2D eigenvalue weighted by molar-refractivity contribution is 6.01. The van der Waals surface area contributed by atoms with Gasteiger partial charge < -0.3 is 19.7 Å². The van der Waals surface area contributed by atoms with Crippen LogP contribution in [0.1, 0.15) is 30.9 Å². The smallest absolute Gasteiger partial charge is 0.248 e. The largest absolute Gasteiger partial charge is 0.493 e. The first-order chi connectivity index (χ1) is 14.0.